The van der Waals surface area contributed by atoms with Crippen LogP contribution in [0.5, 0.6) is 0 Å². The van der Waals surface area contributed by atoms with Gasteiger partial charge in [0.05, 0.1) is 4.88 Å². The van der Waals surface area contributed by atoms with Gasteiger partial charge < -0.3 is 0 Å². The van der Waals surface area contributed by atoms with E-state index in [1.165, 1.54) is 17.4 Å². The van der Waals surface area contributed by atoms with E-state index in [-0.39, 0.29) is 17.8 Å². The van der Waals surface area contributed by atoms with E-state index >= 15 is 0 Å². The minimum atomic E-state index is -0.676. The van der Waals surface area contributed by atoms with Crippen molar-refractivity contribution in [3.05, 3.63) is 57.8 Å². The molecule has 4 heteroatoms. The molecule has 0 atom stereocenters. The molecule has 0 spiro atoms. The molecule has 16 heavy (non-hydrogen) atoms. The van der Waals surface area contributed by atoms with Crippen LogP contribution in [-0.4, -0.2) is 5.78 Å². The summed E-state index contributed by atoms with van der Waals surface area (Å²) in [7, 11) is 0. The second-order valence-electron chi connectivity index (χ2n) is 3.28. The fraction of sp³-hybridized carbons (Fsp3) is 0.0833. The summed E-state index contributed by atoms with van der Waals surface area (Å²) < 4.78 is 26.5. The number of hydrogen-bond acceptors (Lipinski definition) is 2. The van der Waals surface area contributed by atoms with Crippen LogP contribution in [0.25, 0.3) is 0 Å². The number of halogens is 2. The Morgan fingerprint density at radius 3 is 2.38 bits per heavy atom. The highest BCUT2D eigenvalue weighted by Gasteiger charge is 2.14. The Morgan fingerprint density at radius 2 is 1.81 bits per heavy atom. The highest BCUT2D eigenvalue weighted by molar-refractivity contribution is 7.12. The van der Waals surface area contributed by atoms with Crippen LogP contribution in [0.4, 0.5) is 8.78 Å². The lowest BCUT2D eigenvalue weighted by Crippen LogP contribution is -2.05. The van der Waals surface area contributed by atoms with Gasteiger partial charge in [-0.3, -0.25) is 4.79 Å². The molecule has 0 bridgehead atoms. The molecule has 0 aliphatic carbocycles. The predicted octanol–water partition coefficient (Wildman–Crippen LogP) is 3.45. The van der Waals surface area contributed by atoms with Gasteiger partial charge in [0, 0.05) is 12.0 Å². The molecule has 0 unspecified atom stereocenters. The van der Waals surface area contributed by atoms with Crippen LogP contribution in [0.3, 0.4) is 0 Å². The lowest BCUT2D eigenvalue weighted by Gasteiger charge is -2.02. The lowest BCUT2D eigenvalue weighted by atomic mass is 10.1. The first-order chi connectivity index (χ1) is 7.68. The van der Waals surface area contributed by atoms with E-state index < -0.39 is 11.6 Å². The minimum Gasteiger partial charge on any atom is -0.293 e. The number of ketones is 1. The number of rotatable bonds is 3. The van der Waals surface area contributed by atoms with E-state index in [1.807, 2.05) is 0 Å². The Kier molecular flexibility index (Phi) is 3.10. The molecular formula is C12H8F2OS. The zero-order valence-corrected chi connectivity index (χ0v) is 9.06. The molecule has 0 aliphatic rings. The normalized spacial score (nSPS) is 10.4. The topological polar surface area (TPSA) is 17.1 Å². The molecule has 1 nitrogen and oxygen atoms in total. The van der Waals surface area contributed by atoms with E-state index in [0.29, 0.717) is 4.88 Å². The van der Waals surface area contributed by atoms with Crippen LogP contribution < -0.4 is 0 Å². The number of benzene rings is 1. The summed E-state index contributed by atoms with van der Waals surface area (Å²) in [5.41, 5.74) is -0.166. The highest BCUT2D eigenvalue weighted by atomic mass is 32.1. The largest absolute Gasteiger partial charge is 0.293 e. The summed E-state index contributed by atoms with van der Waals surface area (Å²) in [5, 5.41) is 1.75. The molecule has 0 N–H and O–H groups in total. The van der Waals surface area contributed by atoms with Gasteiger partial charge in [-0.15, -0.1) is 11.3 Å². The molecule has 1 aromatic carbocycles. The second kappa shape index (κ2) is 4.53. The average molecular weight is 238 g/mol. The van der Waals surface area contributed by atoms with Gasteiger partial charge in [0.25, 0.3) is 0 Å². The van der Waals surface area contributed by atoms with Crippen LogP contribution in [0, 0.1) is 11.6 Å². The van der Waals surface area contributed by atoms with Crippen LogP contribution in [0.15, 0.2) is 35.7 Å². The van der Waals surface area contributed by atoms with Crippen molar-refractivity contribution in [3.8, 4) is 0 Å². The van der Waals surface area contributed by atoms with Crippen molar-refractivity contribution in [3.63, 3.8) is 0 Å². The molecule has 0 amide bonds. The summed E-state index contributed by atoms with van der Waals surface area (Å²) >= 11 is 1.27. The summed E-state index contributed by atoms with van der Waals surface area (Å²) in [4.78, 5) is 12.2. The number of carbonyl (C=O) groups excluding carboxylic acids is 1. The number of carbonyl (C=O) groups is 1. The summed E-state index contributed by atoms with van der Waals surface area (Å²) in [5.74, 6) is -1.62. The molecule has 0 fully saturated rings. The summed E-state index contributed by atoms with van der Waals surface area (Å²) in [6.07, 6.45) is -0.237. The van der Waals surface area contributed by atoms with E-state index in [2.05, 4.69) is 0 Å². The zero-order chi connectivity index (χ0) is 11.5. The second-order valence-corrected chi connectivity index (χ2v) is 4.23. The van der Waals surface area contributed by atoms with Gasteiger partial charge in [-0.2, -0.15) is 0 Å². The summed E-state index contributed by atoms with van der Waals surface area (Å²) in [6.45, 7) is 0. The molecular weight excluding hydrogens is 230 g/mol. The van der Waals surface area contributed by atoms with Gasteiger partial charge in [-0.25, -0.2) is 8.78 Å². The number of Topliss-reactive ketones (excluding diaryl/α,β-unsaturated/α-hetero) is 1. The Hall–Kier alpha value is -1.55. The Labute approximate surface area is 95.4 Å². The first kappa shape index (κ1) is 11.0. The first-order valence-corrected chi connectivity index (χ1v) is 5.56. The number of thiophene rings is 1. The van der Waals surface area contributed by atoms with Crippen molar-refractivity contribution in [1.82, 2.24) is 0 Å². The van der Waals surface area contributed by atoms with Crippen molar-refractivity contribution < 1.29 is 13.6 Å². The van der Waals surface area contributed by atoms with E-state index in [9.17, 15) is 13.6 Å². The van der Waals surface area contributed by atoms with Crippen molar-refractivity contribution >= 4 is 17.1 Å². The highest BCUT2D eigenvalue weighted by Crippen LogP contribution is 2.17. The Bertz CT molecular complexity index is 485. The molecule has 2 aromatic rings. The summed E-state index contributed by atoms with van der Waals surface area (Å²) in [6, 6.07) is 6.96. The minimum absolute atomic E-state index is 0.166. The van der Waals surface area contributed by atoms with Crippen molar-refractivity contribution in [2.24, 2.45) is 0 Å². The standard InChI is InChI=1S/C12H8F2OS/c13-9-3-1-4-10(14)8(9)7-11(15)12-5-2-6-16-12/h1-6H,7H2. The van der Waals surface area contributed by atoms with Gasteiger partial charge in [-0.05, 0) is 23.6 Å². The Balaban J connectivity index is 2.25. The molecule has 0 saturated heterocycles. The van der Waals surface area contributed by atoms with E-state index in [4.69, 9.17) is 0 Å². The third-order valence-corrected chi connectivity index (χ3v) is 3.11. The van der Waals surface area contributed by atoms with Crippen molar-refractivity contribution in [2.45, 2.75) is 6.42 Å². The van der Waals surface area contributed by atoms with Crippen LogP contribution in [-0.2, 0) is 6.42 Å². The zero-order valence-electron chi connectivity index (χ0n) is 8.24. The monoisotopic (exact) mass is 238 g/mol. The maximum atomic E-state index is 13.3. The Morgan fingerprint density at radius 1 is 1.12 bits per heavy atom. The molecule has 1 aromatic heterocycles. The lowest BCUT2D eigenvalue weighted by molar-refractivity contribution is 0.0994. The maximum Gasteiger partial charge on any atom is 0.177 e. The van der Waals surface area contributed by atoms with Crippen molar-refractivity contribution in [2.75, 3.05) is 0 Å². The molecule has 82 valence electrons. The van der Waals surface area contributed by atoms with Gasteiger partial charge in [0.1, 0.15) is 11.6 Å². The average Bonchev–Trinajstić information content (AvgIpc) is 2.76. The van der Waals surface area contributed by atoms with Gasteiger partial charge >= 0.3 is 0 Å². The fourth-order valence-corrected chi connectivity index (χ4v) is 2.05. The van der Waals surface area contributed by atoms with E-state index in [0.717, 1.165) is 12.1 Å². The SMILES string of the molecule is O=C(Cc1c(F)cccc1F)c1cccs1. The molecule has 0 aliphatic heterocycles. The molecule has 2 rings (SSSR count). The molecule has 1 heterocycles. The van der Waals surface area contributed by atoms with E-state index in [1.54, 1.807) is 17.5 Å². The number of hydrogen-bond donors (Lipinski definition) is 0. The third-order valence-electron chi connectivity index (χ3n) is 2.20. The van der Waals surface area contributed by atoms with Crippen LogP contribution in [0.2, 0.25) is 0 Å². The van der Waals surface area contributed by atoms with Gasteiger partial charge in [0.2, 0.25) is 0 Å². The predicted molar refractivity (Wildman–Crippen MR) is 58.7 cm³/mol. The maximum absolute atomic E-state index is 13.3. The quantitative estimate of drug-likeness (QED) is 0.748. The van der Waals surface area contributed by atoms with Crippen molar-refractivity contribution in [1.29, 1.82) is 0 Å². The molecule has 0 radical (unpaired) electrons. The van der Waals surface area contributed by atoms with Crippen LogP contribution >= 0.6 is 11.3 Å². The third kappa shape index (κ3) is 2.17. The van der Waals surface area contributed by atoms with Gasteiger partial charge in [0.15, 0.2) is 5.78 Å². The smallest absolute Gasteiger partial charge is 0.177 e. The van der Waals surface area contributed by atoms with Gasteiger partial charge in [-0.1, -0.05) is 12.1 Å². The fourth-order valence-electron chi connectivity index (χ4n) is 1.39. The van der Waals surface area contributed by atoms with Crippen LogP contribution in [0.1, 0.15) is 15.2 Å². The molecule has 0 saturated carbocycles. The first-order valence-electron chi connectivity index (χ1n) is 4.68.